The number of ether oxygens (including phenoxy) is 1. The van der Waals surface area contributed by atoms with Gasteiger partial charge in [-0.1, -0.05) is 12.1 Å². The van der Waals surface area contributed by atoms with Crippen molar-refractivity contribution in [2.45, 2.75) is 13.8 Å². The van der Waals surface area contributed by atoms with Crippen LogP contribution in [0.15, 0.2) is 24.4 Å². The summed E-state index contributed by atoms with van der Waals surface area (Å²) >= 11 is 0. The number of aromatic nitrogens is 2. The Bertz CT molecular complexity index is 590. The monoisotopic (exact) mass is 265 g/mol. The lowest BCUT2D eigenvalue weighted by Gasteiger charge is -2.09. The molecule has 0 saturated heterocycles. The molecule has 1 aromatic heterocycles. The van der Waals surface area contributed by atoms with Crippen molar-refractivity contribution in [3.8, 4) is 11.6 Å². The highest BCUT2D eigenvalue weighted by Gasteiger charge is 2.13. The first-order valence-corrected chi connectivity index (χ1v) is 5.81. The van der Waals surface area contributed by atoms with Crippen molar-refractivity contribution < 1.29 is 13.5 Å². The van der Waals surface area contributed by atoms with Gasteiger partial charge in [-0.15, -0.1) is 0 Å². The molecule has 1 N–H and O–H groups in total. The molecule has 1 aromatic carbocycles. The van der Waals surface area contributed by atoms with Gasteiger partial charge in [0.15, 0.2) is 11.6 Å². The molecule has 0 aliphatic rings. The third-order valence-corrected chi connectivity index (χ3v) is 2.41. The van der Waals surface area contributed by atoms with E-state index >= 15 is 0 Å². The first-order chi connectivity index (χ1) is 9.11. The Labute approximate surface area is 109 Å². The summed E-state index contributed by atoms with van der Waals surface area (Å²) in [4.78, 5) is 7.58. The van der Waals surface area contributed by atoms with Gasteiger partial charge in [-0.25, -0.2) is 9.37 Å². The molecule has 2 rings (SSSR count). The number of benzene rings is 1. The highest BCUT2D eigenvalue weighted by atomic mass is 19.1. The molecule has 0 amide bonds. The van der Waals surface area contributed by atoms with E-state index in [1.807, 2.05) is 6.92 Å². The second-order valence-corrected chi connectivity index (χ2v) is 3.87. The largest absolute Gasteiger partial charge is 0.433 e. The van der Waals surface area contributed by atoms with Crippen LogP contribution in [-0.2, 0) is 0 Å². The summed E-state index contributed by atoms with van der Waals surface area (Å²) in [6, 6.07) is 4.64. The van der Waals surface area contributed by atoms with E-state index in [1.165, 1.54) is 6.07 Å². The van der Waals surface area contributed by atoms with Crippen LogP contribution < -0.4 is 10.1 Å². The molecule has 0 saturated carbocycles. The maximum absolute atomic E-state index is 13.8. The number of halogens is 2. The molecular formula is C13H13F2N3O. The SMILES string of the molecule is CCNc1ncc(F)c(Oc2cccc(C)c2F)n1. The summed E-state index contributed by atoms with van der Waals surface area (Å²) in [5.74, 6) is -1.43. The van der Waals surface area contributed by atoms with Crippen LogP contribution >= 0.6 is 0 Å². The van der Waals surface area contributed by atoms with Gasteiger partial charge in [-0.05, 0) is 25.5 Å². The number of nitrogens with one attached hydrogen (secondary N) is 1. The van der Waals surface area contributed by atoms with Crippen LogP contribution in [-0.4, -0.2) is 16.5 Å². The lowest BCUT2D eigenvalue weighted by molar-refractivity contribution is 0.395. The van der Waals surface area contributed by atoms with E-state index in [4.69, 9.17) is 4.74 Å². The van der Waals surface area contributed by atoms with Crippen molar-refractivity contribution in [1.29, 1.82) is 0 Å². The number of aryl methyl sites for hydroxylation is 1. The molecule has 100 valence electrons. The third kappa shape index (κ3) is 2.96. The normalized spacial score (nSPS) is 10.3. The average molecular weight is 265 g/mol. The van der Waals surface area contributed by atoms with Crippen molar-refractivity contribution in [3.05, 3.63) is 41.6 Å². The minimum atomic E-state index is -0.748. The van der Waals surface area contributed by atoms with Crippen LogP contribution in [0.5, 0.6) is 11.6 Å². The van der Waals surface area contributed by atoms with Crippen molar-refractivity contribution in [2.24, 2.45) is 0 Å². The van der Waals surface area contributed by atoms with Gasteiger partial charge >= 0.3 is 0 Å². The van der Waals surface area contributed by atoms with E-state index in [9.17, 15) is 8.78 Å². The average Bonchev–Trinajstić information content (AvgIpc) is 2.39. The van der Waals surface area contributed by atoms with Crippen LogP contribution in [0.4, 0.5) is 14.7 Å². The minimum Gasteiger partial charge on any atom is -0.433 e. The van der Waals surface area contributed by atoms with E-state index in [0.29, 0.717) is 12.1 Å². The van der Waals surface area contributed by atoms with Crippen LogP contribution in [0.2, 0.25) is 0 Å². The van der Waals surface area contributed by atoms with Gasteiger partial charge in [0.25, 0.3) is 5.88 Å². The lowest BCUT2D eigenvalue weighted by atomic mass is 10.2. The Morgan fingerprint density at radius 1 is 1.32 bits per heavy atom. The number of hydrogen-bond donors (Lipinski definition) is 1. The van der Waals surface area contributed by atoms with Crippen molar-refractivity contribution in [3.63, 3.8) is 0 Å². The number of rotatable bonds is 4. The first-order valence-electron chi connectivity index (χ1n) is 5.81. The fraction of sp³-hybridized carbons (Fsp3) is 0.231. The third-order valence-electron chi connectivity index (χ3n) is 2.41. The van der Waals surface area contributed by atoms with Gasteiger partial charge in [-0.2, -0.15) is 9.37 Å². The molecule has 0 aliphatic heterocycles. The van der Waals surface area contributed by atoms with Gasteiger partial charge in [0.05, 0.1) is 6.20 Å². The summed E-state index contributed by atoms with van der Waals surface area (Å²) in [6.45, 7) is 4.04. The number of nitrogens with zero attached hydrogens (tertiary/aromatic N) is 2. The second kappa shape index (κ2) is 5.60. The second-order valence-electron chi connectivity index (χ2n) is 3.87. The number of hydrogen-bond acceptors (Lipinski definition) is 4. The zero-order valence-corrected chi connectivity index (χ0v) is 10.6. The molecule has 19 heavy (non-hydrogen) atoms. The first kappa shape index (κ1) is 13.2. The van der Waals surface area contributed by atoms with E-state index in [2.05, 4.69) is 15.3 Å². The van der Waals surface area contributed by atoms with E-state index in [1.54, 1.807) is 19.1 Å². The highest BCUT2D eigenvalue weighted by Crippen LogP contribution is 2.26. The van der Waals surface area contributed by atoms with Crippen LogP contribution in [0.1, 0.15) is 12.5 Å². The molecule has 0 atom stereocenters. The van der Waals surface area contributed by atoms with Gasteiger partial charge in [0, 0.05) is 6.54 Å². The lowest BCUT2D eigenvalue weighted by Crippen LogP contribution is -2.04. The standard InChI is InChI=1S/C13H13F2N3O/c1-3-16-13-17-7-9(14)12(18-13)19-10-6-4-5-8(2)11(10)15/h4-7H,3H2,1-2H3,(H,16,17,18). The fourth-order valence-corrected chi connectivity index (χ4v) is 1.47. The van der Waals surface area contributed by atoms with E-state index in [-0.39, 0.29) is 17.6 Å². The highest BCUT2D eigenvalue weighted by molar-refractivity contribution is 5.35. The Kier molecular flexibility index (Phi) is 3.89. The molecule has 1 heterocycles. The molecule has 0 fully saturated rings. The Morgan fingerprint density at radius 3 is 2.84 bits per heavy atom. The Hall–Kier alpha value is -2.24. The summed E-state index contributed by atoms with van der Waals surface area (Å²) < 4.78 is 32.5. The maximum Gasteiger partial charge on any atom is 0.260 e. The van der Waals surface area contributed by atoms with Crippen LogP contribution in [0.3, 0.4) is 0 Å². The smallest absolute Gasteiger partial charge is 0.260 e. The Balaban J connectivity index is 2.32. The van der Waals surface area contributed by atoms with Crippen LogP contribution in [0, 0.1) is 18.6 Å². The number of anilines is 1. The molecule has 0 spiro atoms. The van der Waals surface area contributed by atoms with Gasteiger partial charge in [0.1, 0.15) is 0 Å². The topological polar surface area (TPSA) is 47.0 Å². The predicted molar refractivity (Wildman–Crippen MR) is 67.4 cm³/mol. The molecule has 4 nitrogen and oxygen atoms in total. The summed E-state index contributed by atoms with van der Waals surface area (Å²) in [7, 11) is 0. The Morgan fingerprint density at radius 2 is 2.11 bits per heavy atom. The molecule has 0 bridgehead atoms. The molecular weight excluding hydrogens is 252 g/mol. The van der Waals surface area contributed by atoms with Gasteiger partial charge in [-0.3, -0.25) is 0 Å². The summed E-state index contributed by atoms with van der Waals surface area (Å²) in [5.41, 5.74) is 0.416. The van der Waals surface area contributed by atoms with Gasteiger partial charge in [0.2, 0.25) is 11.8 Å². The fourth-order valence-electron chi connectivity index (χ4n) is 1.47. The molecule has 0 aliphatic carbocycles. The quantitative estimate of drug-likeness (QED) is 0.921. The zero-order chi connectivity index (χ0) is 13.8. The van der Waals surface area contributed by atoms with E-state index in [0.717, 1.165) is 6.20 Å². The summed E-state index contributed by atoms with van der Waals surface area (Å²) in [5, 5.41) is 2.82. The van der Waals surface area contributed by atoms with Crippen molar-refractivity contribution in [2.75, 3.05) is 11.9 Å². The molecule has 0 radical (unpaired) electrons. The van der Waals surface area contributed by atoms with E-state index < -0.39 is 11.6 Å². The summed E-state index contributed by atoms with van der Waals surface area (Å²) in [6.07, 6.45) is 0.980. The minimum absolute atomic E-state index is 0.0694. The van der Waals surface area contributed by atoms with Gasteiger partial charge < -0.3 is 10.1 Å². The zero-order valence-electron chi connectivity index (χ0n) is 10.6. The maximum atomic E-state index is 13.8. The van der Waals surface area contributed by atoms with Crippen molar-refractivity contribution >= 4 is 5.95 Å². The van der Waals surface area contributed by atoms with Crippen LogP contribution in [0.25, 0.3) is 0 Å². The molecule has 2 aromatic rings. The van der Waals surface area contributed by atoms with Crippen molar-refractivity contribution in [1.82, 2.24) is 9.97 Å². The predicted octanol–water partition coefficient (Wildman–Crippen LogP) is 3.29. The molecule has 6 heteroatoms. The molecule has 0 unspecified atom stereocenters.